The minimum Gasteiger partial charge on any atom is -0.394 e. The van der Waals surface area contributed by atoms with Crippen LogP contribution in [0.3, 0.4) is 0 Å². The fraction of sp³-hybridized carbons (Fsp3) is 0.364. The molecule has 0 saturated carbocycles. The van der Waals surface area contributed by atoms with Crippen molar-refractivity contribution in [2.75, 3.05) is 6.61 Å². The normalized spacial score (nSPS) is 13.8. The molecular formula is C11H16N2O. The van der Waals surface area contributed by atoms with Crippen LogP contribution in [0.5, 0.6) is 0 Å². The summed E-state index contributed by atoms with van der Waals surface area (Å²) in [6.45, 7) is 4.24. The van der Waals surface area contributed by atoms with E-state index in [4.69, 9.17) is 10.6 Å². The van der Waals surface area contributed by atoms with Gasteiger partial charge in [-0.25, -0.2) is 0 Å². The summed E-state index contributed by atoms with van der Waals surface area (Å²) in [7, 11) is 0. The molecule has 0 spiro atoms. The molecule has 1 aromatic carbocycles. The summed E-state index contributed by atoms with van der Waals surface area (Å²) in [5.74, 6) is 0. The number of nitrogens with zero attached hydrogens (tertiary/aromatic N) is 1. The Morgan fingerprint density at radius 3 is 2.64 bits per heavy atom. The highest BCUT2D eigenvalue weighted by atomic mass is 16.6. The second kappa shape index (κ2) is 5.40. The first kappa shape index (κ1) is 10.7. The van der Waals surface area contributed by atoms with E-state index in [0.29, 0.717) is 6.61 Å². The maximum atomic E-state index is 5.52. The van der Waals surface area contributed by atoms with Crippen molar-refractivity contribution in [3.05, 3.63) is 35.9 Å². The van der Waals surface area contributed by atoms with E-state index in [1.54, 1.807) is 0 Å². The van der Waals surface area contributed by atoms with Crippen LogP contribution in [0.25, 0.3) is 0 Å². The minimum atomic E-state index is 0.0160. The molecule has 0 fully saturated rings. The molecule has 76 valence electrons. The van der Waals surface area contributed by atoms with Crippen LogP contribution in [0.15, 0.2) is 35.5 Å². The van der Waals surface area contributed by atoms with E-state index in [1.807, 2.05) is 44.2 Å². The maximum absolute atomic E-state index is 5.52. The summed E-state index contributed by atoms with van der Waals surface area (Å²) in [6.07, 6.45) is 0. The fourth-order valence-corrected chi connectivity index (χ4v) is 0.984. The van der Waals surface area contributed by atoms with E-state index in [9.17, 15) is 0 Å². The van der Waals surface area contributed by atoms with Crippen molar-refractivity contribution in [1.82, 2.24) is 0 Å². The van der Waals surface area contributed by atoms with Crippen LogP contribution >= 0.6 is 0 Å². The van der Waals surface area contributed by atoms with E-state index in [2.05, 4.69) is 5.16 Å². The highest BCUT2D eigenvalue weighted by Crippen LogP contribution is 2.00. The summed E-state index contributed by atoms with van der Waals surface area (Å²) < 4.78 is 0. The third kappa shape index (κ3) is 3.58. The fourth-order valence-electron chi connectivity index (χ4n) is 0.984. The number of nitrogens with two attached hydrogens (primary N) is 1. The lowest BCUT2D eigenvalue weighted by Crippen LogP contribution is -2.20. The predicted molar refractivity (Wildman–Crippen MR) is 58.3 cm³/mol. The minimum absolute atomic E-state index is 0.0160. The lowest BCUT2D eigenvalue weighted by molar-refractivity contribution is 0.134. The second-order valence-electron chi connectivity index (χ2n) is 3.32. The first-order valence-corrected chi connectivity index (χ1v) is 4.67. The van der Waals surface area contributed by atoms with E-state index in [0.717, 1.165) is 11.3 Å². The first-order chi connectivity index (χ1) is 6.70. The molecule has 14 heavy (non-hydrogen) atoms. The third-order valence-corrected chi connectivity index (χ3v) is 1.73. The SMILES string of the molecule is C/C(=N\OCC(C)N)c1ccccc1. The molecule has 1 aromatic rings. The number of rotatable bonds is 4. The molecule has 3 nitrogen and oxygen atoms in total. The van der Waals surface area contributed by atoms with E-state index >= 15 is 0 Å². The molecule has 0 radical (unpaired) electrons. The van der Waals surface area contributed by atoms with Gasteiger partial charge >= 0.3 is 0 Å². The Morgan fingerprint density at radius 1 is 1.43 bits per heavy atom. The molecule has 0 bridgehead atoms. The van der Waals surface area contributed by atoms with Gasteiger partial charge in [0.15, 0.2) is 0 Å². The number of benzene rings is 1. The molecule has 0 heterocycles. The van der Waals surface area contributed by atoms with Gasteiger partial charge in [0.25, 0.3) is 0 Å². The van der Waals surface area contributed by atoms with Gasteiger partial charge in [-0.1, -0.05) is 35.5 Å². The molecule has 0 aliphatic carbocycles. The Morgan fingerprint density at radius 2 is 2.07 bits per heavy atom. The van der Waals surface area contributed by atoms with Crippen LogP contribution in [0, 0.1) is 0 Å². The largest absolute Gasteiger partial charge is 0.394 e. The monoisotopic (exact) mass is 192 g/mol. The van der Waals surface area contributed by atoms with Crippen molar-refractivity contribution >= 4 is 5.71 Å². The van der Waals surface area contributed by atoms with Crippen molar-refractivity contribution in [3.8, 4) is 0 Å². The zero-order valence-electron chi connectivity index (χ0n) is 8.60. The molecule has 0 aliphatic rings. The van der Waals surface area contributed by atoms with Crippen LogP contribution in [-0.2, 0) is 4.84 Å². The Hall–Kier alpha value is -1.35. The van der Waals surface area contributed by atoms with Crippen LogP contribution in [0.1, 0.15) is 19.4 Å². The maximum Gasteiger partial charge on any atom is 0.131 e. The van der Waals surface area contributed by atoms with Gasteiger partial charge in [-0.05, 0) is 19.4 Å². The van der Waals surface area contributed by atoms with Gasteiger partial charge in [-0.3, -0.25) is 0 Å². The van der Waals surface area contributed by atoms with Gasteiger partial charge in [-0.15, -0.1) is 0 Å². The summed E-state index contributed by atoms with van der Waals surface area (Å²) >= 11 is 0. The van der Waals surface area contributed by atoms with E-state index < -0.39 is 0 Å². The van der Waals surface area contributed by atoms with Crippen molar-refractivity contribution in [1.29, 1.82) is 0 Å². The van der Waals surface area contributed by atoms with Crippen LogP contribution in [-0.4, -0.2) is 18.4 Å². The lowest BCUT2D eigenvalue weighted by Gasteiger charge is -2.04. The molecular weight excluding hydrogens is 176 g/mol. The summed E-state index contributed by atoms with van der Waals surface area (Å²) in [5, 5.41) is 3.97. The molecule has 0 aliphatic heterocycles. The molecule has 0 amide bonds. The number of hydrogen-bond acceptors (Lipinski definition) is 3. The predicted octanol–water partition coefficient (Wildman–Crippen LogP) is 1.77. The van der Waals surface area contributed by atoms with Crippen molar-refractivity contribution in [2.45, 2.75) is 19.9 Å². The lowest BCUT2D eigenvalue weighted by atomic mass is 10.1. The van der Waals surface area contributed by atoms with Gasteiger partial charge in [0.1, 0.15) is 6.61 Å². The highest BCUT2D eigenvalue weighted by molar-refractivity contribution is 5.98. The molecule has 1 rings (SSSR count). The average Bonchev–Trinajstić information content (AvgIpc) is 2.18. The summed E-state index contributed by atoms with van der Waals surface area (Å²) in [5.41, 5.74) is 7.46. The smallest absolute Gasteiger partial charge is 0.131 e. The second-order valence-corrected chi connectivity index (χ2v) is 3.32. The van der Waals surface area contributed by atoms with Crippen LogP contribution in [0.4, 0.5) is 0 Å². The Balaban J connectivity index is 2.53. The standard InChI is InChI=1S/C11H16N2O/c1-9(12)8-14-13-10(2)11-6-4-3-5-7-11/h3-7,9H,8,12H2,1-2H3/b13-10+. The highest BCUT2D eigenvalue weighted by Gasteiger charge is 1.96. The Bertz CT molecular complexity index is 293. The van der Waals surface area contributed by atoms with Gasteiger partial charge in [0.2, 0.25) is 0 Å². The van der Waals surface area contributed by atoms with E-state index in [1.165, 1.54) is 0 Å². The zero-order valence-corrected chi connectivity index (χ0v) is 8.60. The summed E-state index contributed by atoms with van der Waals surface area (Å²) in [6, 6.07) is 9.92. The first-order valence-electron chi connectivity index (χ1n) is 4.67. The quantitative estimate of drug-likeness (QED) is 0.584. The Kier molecular flexibility index (Phi) is 4.13. The summed E-state index contributed by atoms with van der Waals surface area (Å²) in [4.78, 5) is 5.07. The molecule has 0 aromatic heterocycles. The zero-order chi connectivity index (χ0) is 10.4. The van der Waals surface area contributed by atoms with Crippen molar-refractivity contribution < 1.29 is 4.84 Å². The molecule has 1 unspecified atom stereocenters. The molecule has 2 N–H and O–H groups in total. The van der Waals surface area contributed by atoms with E-state index in [-0.39, 0.29) is 6.04 Å². The van der Waals surface area contributed by atoms with Gasteiger partial charge < -0.3 is 10.6 Å². The number of oxime groups is 1. The molecule has 0 saturated heterocycles. The topological polar surface area (TPSA) is 47.6 Å². The molecule has 3 heteroatoms. The average molecular weight is 192 g/mol. The Labute approximate surface area is 84.6 Å². The van der Waals surface area contributed by atoms with Gasteiger partial charge in [0.05, 0.1) is 5.71 Å². The van der Waals surface area contributed by atoms with Gasteiger partial charge in [0, 0.05) is 6.04 Å². The van der Waals surface area contributed by atoms with Crippen molar-refractivity contribution in [2.24, 2.45) is 10.9 Å². The van der Waals surface area contributed by atoms with Crippen molar-refractivity contribution in [3.63, 3.8) is 0 Å². The molecule has 1 atom stereocenters. The van der Waals surface area contributed by atoms with Crippen LogP contribution < -0.4 is 5.73 Å². The van der Waals surface area contributed by atoms with Crippen LogP contribution in [0.2, 0.25) is 0 Å². The number of hydrogen-bond donors (Lipinski definition) is 1. The third-order valence-electron chi connectivity index (χ3n) is 1.73. The van der Waals surface area contributed by atoms with Gasteiger partial charge in [-0.2, -0.15) is 0 Å².